The first kappa shape index (κ1) is 21.8. The van der Waals surface area contributed by atoms with E-state index in [1.54, 1.807) is 24.3 Å². The van der Waals surface area contributed by atoms with Crippen LogP contribution in [-0.2, 0) is 0 Å². The van der Waals surface area contributed by atoms with Gasteiger partial charge in [-0.1, -0.05) is 23.7 Å². The zero-order valence-corrected chi connectivity index (χ0v) is 17.6. The van der Waals surface area contributed by atoms with Crippen molar-refractivity contribution < 1.29 is 22.8 Å². The number of halogens is 4. The minimum atomic E-state index is -4.96. The van der Waals surface area contributed by atoms with Crippen LogP contribution in [0.4, 0.5) is 24.5 Å². The van der Waals surface area contributed by atoms with Crippen molar-refractivity contribution >= 4 is 56.2 Å². The second-order valence-electron chi connectivity index (χ2n) is 6.76. The lowest BCUT2D eigenvalue weighted by molar-refractivity contribution is -0.0885. The molecule has 5 nitrogen and oxygen atoms in total. The van der Waals surface area contributed by atoms with Gasteiger partial charge in [-0.25, -0.2) is 4.98 Å². The number of Topliss-reactive ketones (excluding diaryl/α,β-unsaturated/α-hetero) is 1. The van der Waals surface area contributed by atoms with Crippen LogP contribution in [0.3, 0.4) is 0 Å². The minimum absolute atomic E-state index is 0.219. The van der Waals surface area contributed by atoms with Crippen LogP contribution in [0.2, 0.25) is 5.02 Å². The Hall–Kier alpha value is -3.43. The zero-order valence-electron chi connectivity index (χ0n) is 16.0. The summed E-state index contributed by atoms with van der Waals surface area (Å²) in [6.45, 7) is 0. The molecule has 0 aliphatic rings. The van der Waals surface area contributed by atoms with Gasteiger partial charge in [0.25, 0.3) is 11.7 Å². The molecule has 0 unspecified atom stereocenters. The highest BCUT2D eigenvalue weighted by atomic mass is 35.5. The number of amides is 1. The molecule has 3 N–H and O–H groups in total. The van der Waals surface area contributed by atoms with Gasteiger partial charge in [0.05, 0.1) is 11.4 Å². The summed E-state index contributed by atoms with van der Waals surface area (Å²) in [5.41, 5.74) is 7.63. The van der Waals surface area contributed by atoms with Crippen LogP contribution < -0.4 is 11.1 Å². The van der Waals surface area contributed by atoms with Gasteiger partial charge < -0.3 is 11.1 Å². The van der Waals surface area contributed by atoms with E-state index >= 15 is 0 Å². The maximum Gasteiger partial charge on any atom is 0.454 e. The van der Waals surface area contributed by atoms with Crippen LogP contribution in [0.1, 0.15) is 20.0 Å². The number of thiophene rings is 1. The number of nitrogens with one attached hydrogen (secondary N) is 1. The number of fused-ring (bicyclic) bond motifs is 1. The fourth-order valence-corrected chi connectivity index (χ4v) is 4.12. The van der Waals surface area contributed by atoms with E-state index < -0.39 is 23.4 Å². The molecule has 0 saturated carbocycles. The third-order valence-corrected chi connectivity index (χ3v) is 5.97. The van der Waals surface area contributed by atoms with Crippen molar-refractivity contribution in [1.82, 2.24) is 4.98 Å². The van der Waals surface area contributed by atoms with Crippen molar-refractivity contribution in [3.8, 4) is 11.3 Å². The molecule has 0 aliphatic heterocycles. The van der Waals surface area contributed by atoms with Crippen LogP contribution in [0.25, 0.3) is 21.5 Å². The summed E-state index contributed by atoms with van der Waals surface area (Å²) in [4.78, 5) is 29.3. The number of benzene rings is 2. The number of hydrogen-bond donors (Lipinski definition) is 2. The number of carbonyl (C=O) groups excluding carboxylic acids is 2. The molecule has 1 amide bonds. The molecule has 2 heterocycles. The van der Waals surface area contributed by atoms with Crippen molar-refractivity contribution in [1.29, 1.82) is 0 Å². The Labute approximate surface area is 188 Å². The molecule has 0 saturated heterocycles. The number of alkyl halides is 3. The molecule has 2 aromatic carbocycles. The highest BCUT2D eigenvalue weighted by molar-refractivity contribution is 7.21. The Morgan fingerprint density at radius 2 is 1.62 bits per heavy atom. The maximum absolute atomic E-state index is 12.7. The molecule has 0 radical (unpaired) electrons. The number of nitrogens with two attached hydrogens (primary N) is 1. The lowest BCUT2D eigenvalue weighted by Gasteiger charge is -2.07. The molecule has 0 fully saturated rings. The molecular weight excluding hydrogens is 463 g/mol. The zero-order chi connectivity index (χ0) is 23.0. The van der Waals surface area contributed by atoms with Crippen molar-refractivity contribution in [2.75, 3.05) is 11.1 Å². The Balaban J connectivity index is 1.58. The predicted molar refractivity (Wildman–Crippen MR) is 119 cm³/mol. The van der Waals surface area contributed by atoms with Gasteiger partial charge in [0.15, 0.2) is 0 Å². The molecule has 32 heavy (non-hydrogen) atoms. The molecule has 0 aliphatic carbocycles. The molecule has 10 heteroatoms. The summed E-state index contributed by atoms with van der Waals surface area (Å²) in [7, 11) is 0. The normalized spacial score (nSPS) is 11.5. The van der Waals surface area contributed by atoms with Gasteiger partial charge in [-0.2, -0.15) is 13.2 Å². The number of carbonyl (C=O) groups is 2. The monoisotopic (exact) mass is 475 g/mol. The SMILES string of the molecule is Nc1c(C(=O)Nc2ccc(C(=O)C(F)(F)F)cc2)sc2nc(-c3ccc(Cl)cc3)ccc12. The van der Waals surface area contributed by atoms with Gasteiger partial charge >= 0.3 is 6.18 Å². The smallest absolute Gasteiger partial charge is 0.397 e. The molecular formula is C22H13ClF3N3O2S. The van der Waals surface area contributed by atoms with Crippen LogP contribution in [0.5, 0.6) is 0 Å². The highest BCUT2D eigenvalue weighted by Gasteiger charge is 2.39. The summed E-state index contributed by atoms with van der Waals surface area (Å²) >= 11 is 7.02. The summed E-state index contributed by atoms with van der Waals surface area (Å²) < 4.78 is 37.6. The van der Waals surface area contributed by atoms with E-state index in [1.807, 2.05) is 12.1 Å². The van der Waals surface area contributed by atoms with Crippen LogP contribution in [0, 0.1) is 0 Å². The lowest BCUT2D eigenvalue weighted by Crippen LogP contribution is -2.22. The highest BCUT2D eigenvalue weighted by Crippen LogP contribution is 2.35. The second-order valence-corrected chi connectivity index (χ2v) is 8.19. The maximum atomic E-state index is 12.7. The summed E-state index contributed by atoms with van der Waals surface area (Å²) in [5, 5.41) is 3.79. The number of hydrogen-bond acceptors (Lipinski definition) is 5. The van der Waals surface area contributed by atoms with E-state index in [9.17, 15) is 22.8 Å². The second kappa shape index (κ2) is 8.25. The summed E-state index contributed by atoms with van der Waals surface area (Å²) in [5.74, 6) is -2.49. The lowest BCUT2D eigenvalue weighted by atomic mass is 10.1. The molecule has 2 aromatic heterocycles. The van der Waals surface area contributed by atoms with Gasteiger partial charge in [0, 0.05) is 27.2 Å². The Bertz CT molecular complexity index is 1330. The van der Waals surface area contributed by atoms with Crippen LogP contribution >= 0.6 is 22.9 Å². The first-order chi connectivity index (χ1) is 15.1. The topological polar surface area (TPSA) is 85.1 Å². The third kappa shape index (κ3) is 4.30. The van der Waals surface area contributed by atoms with Crippen molar-refractivity contribution in [3.63, 3.8) is 0 Å². The van der Waals surface area contributed by atoms with Crippen LogP contribution in [-0.4, -0.2) is 22.9 Å². The minimum Gasteiger partial charge on any atom is -0.397 e. The summed E-state index contributed by atoms with van der Waals surface area (Å²) in [6, 6.07) is 15.1. The number of ketones is 1. The third-order valence-electron chi connectivity index (χ3n) is 4.60. The average molecular weight is 476 g/mol. The Morgan fingerprint density at radius 1 is 0.969 bits per heavy atom. The molecule has 0 bridgehead atoms. The number of nitrogen functional groups attached to an aromatic ring is 1. The number of nitrogens with zero attached hydrogens (tertiary/aromatic N) is 1. The number of aromatic nitrogens is 1. The number of anilines is 2. The molecule has 162 valence electrons. The fraction of sp³-hybridized carbons (Fsp3) is 0.0455. The van der Waals surface area contributed by atoms with E-state index in [1.165, 1.54) is 12.1 Å². The first-order valence-electron chi connectivity index (χ1n) is 9.11. The molecule has 4 aromatic rings. The van der Waals surface area contributed by atoms with Crippen molar-refractivity contribution in [3.05, 3.63) is 76.1 Å². The predicted octanol–water partition coefficient (Wildman–Crippen LogP) is 6.20. The van der Waals surface area contributed by atoms with Crippen molar-refractivity contribution in [2.45, 2.75) is 6.18 Å². The van der Waals surface area contributed by atoms with Gasteiger partial charge in [0.2, 0.25) is 0 Å². The van der Waals surface area contributed by atoms with E-state index in [0.29, 0.717) is 20.9 Å². The largest absolute Gasteiger partial charge is 0.454 e. The van der Waals surface area contributed by atoms with Gasteiger partial charge in [-0.15, -0.1) is 11.3 Å². The standard InChI is InChI=1S/C22H13ClF3N3O2S/c23-13-5-1-11(2-6-13)16-10-9-15-17(27)18(32-21(15)29-16)20(31)28-14-7-3-12(4-8-14)19(30)22(24,25)26/h1-10H,27H2,(H,28,31). The van der Waals surface area contributed by atoms with Crippen LogP contribution in [0.15, 0.2) is 60.7 Å². The fourth-order valence-electron chi connectivity index (χ4n) is 3.00. The Kier molecular flexibility index (Phi) is 5.62. The molecule has 0 spiro atoms. The quantitative estimate of drug-likeness (QED) is 0.344. The molecule has 4 rings (SSSR count). The first-order valence-corrected chi connectivity index (χ1v) is 10.3. The van der Waals surface area contributed by atoms with Gasteiger partial charge in [-0.05, 0) is 48.5 Å². The number of rotatable bonds is 4. The number of pyridine rings is 1. The Morgan fingerprint density at radius 3 is 2.25 bits per heavy atom. The van der Waals surface area contributed by atoms with Crippen molar-refractivity contribution in [2.24, 2.45) is 0 Å². The van der Waals surface area contributed by atoms with E-state index in [4.69, 9.17) is 17.3 Å². The summed E-state index contributed by atoms with van der Waals surface area (Å²) in [6.07, 6.45) is -4.96. The van der Waals surface area contributed by atoms with E-state index in [0.717, 1.165) is 29.0 Å². The van der Waals surface area contributed by atoms with Gasteiger partial charge in [-0.3, -0.25) is 9.59 Å². The van der Waals surface area contributed by atoms with E-state index in [2.05, 4.69) is 10.3 Å². The van der Waals surface area contributed by atoms with Gasteiger partial charge in [0.1, 0.15) is 9.71 Å². The average Bonchev–Trinajstić information content (AvgIpc) is 3.09. The molecule has 0 atom stereocenters. The van der Waals surface area contributed by atoms with E-state index in [-0.39, 0.29) is 16.3 Å².